The Morgan fingerprint density at radius 2 is 2.00 bits per heavy atom. The Morgan fingerprint density at radius 1 is 1.18 bits per heavy atom. The molecule has 182 valence electrons. The number of ether oxygens (including phenoxy) is 4. The molecule has 4 rings (SSSR count). The van der Waals surface area contributed by atoms with E-state index in [1.54, 1.807) is 18.2 Å². The summed E-state index contributed by atoms with van der Waals surface area (Å²) in [7, 11) is 0. The van der Waals surface area contributed by atoms with Gasteiger partial charge in [-0.3, -0.25) is 9.59 Å². The molecule has 0 aromatic heterocycles. The van der Waals surface area contributed by atoms with Gasteiger partial charge in [-0.2, -0.15) is 0 Å². The van der Waals surface area contributed by atoms with Crippen molar-refractivity contribution in [3.8, 4) is 11.5 Å². The lowest BCUT2D eigenvalue weighted by Crippen LogP contribution is -2.35. The molecule has 2 aliphatic heterocycles. The molecule has 1 saturated heterocycles. The van der Waals surface area contributed by atoms with E-state index in [1.165, 1.54) is 6.92 Å². The molecule has 1 aliphatic carbocycles. The molecule has 0 saturated carbocycles. The highest BCUT2D eigenvalue weighted by Gasteiger charge is 2.39. The standard InChI is InChI=1S/C26H31NO7/c1-4-31-22-13-17(10-11-21(22)34-16(3)28)24-23(26(30)33-14-18-7-6-12-32-18)15(2)27-19-8-5-9-20(29)25(19)24/h10-11,13,18,24,27H,4-9,12,14H2,1-3H3/t18-,24-/m1/s1. The molecule has 1 aromatic rings. The van der Waals surface area contributed by atoms with E-state index in [-0.39, 0.29) is 18.5 Å². The van der Waals surface area contributed by atoms with Crippen molar-refractivity contribution in [2.75, 3.05) is 19.8 Å². The summed E-state index contributed by atoms with van der Waals surface area (Å²) >= 11 is 0. The summed E-state index contributed by atoms with van der Waals surface area (Å²) in [4.78, 5) is 38.0. The summed E-state index contributed by atoms with van der Waals surface area (Å²) in [6.07, 6.45) is 3.64. The lowest BCUT2D eigenvalue weighted by molar-refractivity contribution is -0.142. The van der Waals surface area contributed by atoms with Gasteiger partial charge >= 0.3 is 11.9 Å². The van der Waals surface area contributed by atoms with E-state index in [2.05, 4.69) is 5.32 Å². The molecule has 0 spiro atoms. The molecular formula is C26H31NO7. The second-order valence-electron chi connectivity index (χ2n) is 8.73. The molecule has 1 fully saturated rings. The molecule has 1 aromatic carbocycles. The zero-order valence-electron chi connectivity index (χ0n) is 19.9. The molecular weight excluding hydrogens is 438 g/mol. The Balaban J connectivity index is 1.74. The first kappa shape index (κ1) is 24.0. The van der Waals surface area contributed by atoms with Crippen molar-refractivity contribution in [3.63, 3.8) is 0 Å². The summed E-state index contributed by atoms with van der Waals surface area (Å²) < 4.78 is 22.3. The second-order valence-corrected chi connectivity index (χ2v) is 8.73. The van der Waals surface area contributed by atoms with Crippen LogP contribution in [-0.4, -0.2) is 43.6 Å². The molecule has 1 N–H and O–H groups in total. The van der Waals surface area contributed by atoms with Crippen molar-refractivity contribution in [2.45, 2.75) is 64.9 Å². The van der Waals surface area contributed by atoms with Crippen LogP contribution in [0.3, 0.4) is 0 Å². The predicted molar refractivity (Wildman–Crippen MR) is 123 cm³/mol. The molecule has 0 amide bonds. The first-order valence-corrected chi connectivity index (χ1v) is 11.9. The van der Waals surface area contributed by atoms with Crippen LogP contribution in [0.1, 0.15) is 64.4 Å². The average Bonchev–Trinajstić information content (AvgIpc) is 3.31. The number of benzene rings is 1. The molecule has 0 radical (unpaired) electrons. The van der Waals surface area contributed by atoms with Gasteiger partial charge in [0.1, 0.15) is 6.61 Å². The van der Waals surface area contributed by atoms with Gasteiger partial charge in [-0.25, -0.2) is 4.79 Å². The van der Waals surface area contributed by atoms with Gasteiger partial charge in [0.15, 0.2) is 17.3 Å². The maximum Gasteiger partial charge on any atom is 0.336 e. The Bertz CT molecular complexity index is 1050. The maximum atomic E-state index is 13.3. The summed E-state index contributed by atoms with van der Waals surface area (Å²) in [5, 5.41) is 3.29. The predicted octanol–water partition coefficient (Wildman–Crippen LogP) is 3.70. The van der Waals surface area contributed by atoms with E-state index in [0.29, 0.717) is 53.5 Å². The number of rotatable bonds is 7. The lowest BCUT2D eigenvalue weighted by Gasteiger charge is -2.34. The topological polar surface area (TPSA) is 100 Å². The maximum absolute atomic E-state index is 13.3. The summed E-state index contributed by atoms with van der Waals surface area (Å²) in [5.41, 5.74) is 3.19. The highest BCUT2D eigenvalue weighted by Crippen LogP contribution is 2.44. The minimum absolute atomic E-state index is 0.0118. The highest BCUT2D eigenvalue weighted by atomic mass is 16.6. The number of allylic oxidation sites excluding steroid dienone is 3. The number of carbonyl (C=O) groups excluding carboxylic acids is 3. The number of carbonyl (C=O) groups is 3. The van der Waals surface area contributed by atoms with E-state index in [4.69, 9.17) is 18.9 Å². The van der Waals surface area contributed by atoms with Crippen molar-refractivity contribution >= 4 is 17.7 Å². The average molecular weight is 470 g/mol. The first-order chi connectivity index (χ1) is 16.4. The lowest BCUT2D eigenvalue weighted by atomic mass is 9.75. The molecule has 2 heterocycles. The fourth-order valence-corrected chi connectivity index (χ4v) is 4.82. The third-order valence-electron chi connectivity index (χ3n) is 6.27. The van der Waals surface area contributed by atoms with Crippen molar-refractivity contribution in [3.05, 3.63) is 46.3 Å². The molecule has 0 bridgehead atoms. The molecule has 34 heavy (non-hydrogen) atoms. The fraction of sp³-hybridized carbons (Fsp3) is 0.500. The van der Waals surface area contributed by atoms with Crippen LogP contribution in [-0.2, 0) is 23.9 Å². The largest absolute Gasteiger partial charge is 0.490 e. The first-order valence-electron chi connectivity index (χ1n) is 11.9. The second kappa shape index (κ2) is 10.4. The van der Waals surface area contributed by atoms with Crippen LogP contribution in [0, 0.1) is 0 Å². The molecule has 8 nitrogen and oxygen atoms in total. The van der Waals surface area contributed by atoms with Crippen LogP contribution in [0.15, 0.2) is 40.7 Å². The Hall–Kier alpha value is -3.13. The molecule has 0 unspecified atom stereocenters. The van der Waals surface area contributed by atoms with Crippen LogP contribution < -0.4 is 14.8 Å². The zero-order valence-corrected chi connectivity index (χ0v) is 19.9. The van der Waals surface area contributed by atoms with Gasteiger partial charge in [0.2, 0.25) is 0 Å². The van der Waals surface area contributed by atoms with E-state index in [9.17, 15) is 14.4 Å². The van der Waals surface area contributed by atoms with Crippen LogP contribution >= 0.6 is 0 Å². The van der Waals surface area contributed by atoms with Crippen LogP contribution in [0.4, 0.5) is 0 Å². The van der Waals surface area contributed by atoms with Crippen molar-refractivity contribution in [1.29, 1.82) is 0 Å². The number of ketones is 1. The minimum Gasteiger partial charge on any atom is -0.490 e. The van der Waals surface area contributed by atoms with Crippen LogP contribution in [0.25, 0.3) is 0 Å². The van der Waals surface area contributed by atoms with Gasteiger partial charge in [-0.1, -0.05) is 6.07 Å². The number of esters is 2. The number of nitrogens with one attached hydrogen (secondary N) is 1. The zero-order chi connectivity index (χ0) is 24.2. The van der Waals surface area contributed by atoms with E-state index < -0.39 is 17.9 Å². The monoisotopic (exact) mass is 469 g/mol. The normalized spacial score (nSPS) is 22.3. The van der Waals surface area contributed by atoms with Crippen LogP contribution in [0.2, 0.25) is 0 Å². The Morgan fingerprint density at radius 3 is 2.71 bits per heavy atom. The highest BCUT2D eigenvalue weighted by molar-refractivity contribution is 6.03. The van der Waals surface area contributed by atoms with Gasteiger partial charge in [0.25, 0.3) is 0 Å². The summed E-state index contributed by atoms with van der Waals surface area (Å²) in [5.74, 6) is -0.859. The Kier molecular flexibility index (Phi) is 7.36. The van der Waals surface area contributed by atoms with Gasteiger partial charge in [-0.05, 0) is 57.2 Å². The number of hydrogen-bond acceptors (Lipinski definition) is 8. The SMILES string of the molecule is CCOc1cc([C@@H]2C(C(=O)OC[C@H]3CCCO3)=C(C)NC3=C2C(=O)CCC3)ccc1OC(C)=O. The van der Waals surface area contributed by atoms with E-state index in [1.807, 2.05) is 13.8 Å². The minimum atomic E-state index is -0.605. The van der Waals surface area contributed by atoms with Gasteiger partial charge in [0.05, 0.1) is 18.3 Å². The number of hydrogen-bond donors (Lipinski definition) is 1. The number of dihydropyridines is 1. The fourth-order valence-electron chi connectivity index (χ4n) is 4.82. The summed E-state index contributed by atoms with van der Waals surface area (Å²) in [6, 6.07) is 5.15. The number of Topliss-reactive ketones (excluding diaryl/α,β-unsaturated/α-hetero) is 1. The van der Waals surface area contributed by atoms with Crippen molar-refractivity contribution < 1.29 is 33.3 Å². The molecule has 3 aliphatic rings. The quantitative estimate of drug-likeness (QED) is 0.477. The molecule has 2 atom stereocenters. The van der Waals surface area contributed by atoms with Crippen molar-refractivity contribution in [1.82, 2.24) is 5.32 Å². The third kappa shape index (κ3) is 5.01. The van der Waals surface area contributed by atoms with Gasteiger partial charge in [-0.15, -0.1) is 0 Å². The van der Waals surface area contributed by atoms with E-state index >= 15 is 0 Å². The van der Waals surface area contributed by atoms with Gasteiger partial charge in [0, 0.05) is 42.8 Å². The smallest absolute Gasteiger partial charge is 0.336 e. The summed E-state index contributed by atoms with van der Waals surface area (Å²) in [6.45, 7) is 6.20. The Labute approximate surface area is 199 Å². The van der Waals surface area contributed by atoms with Crippen molar-refractivity contribution in [2.24, 2.45) is 0 Å². The van der Waals surface area contributed by atoms with Gasteiger partial charge < -0.3 is 24.3 Å². The third-order valence-corrected chi connectivity index (χ3v) is 6.27. The van der Waals surface area contributed by atoms with Crippen LogP contribution in [0.5, 0.6) is 11.5 Å². The molecule has 8 heteroatoms. The van der Waals surface area contributed by atoms with E-state index in [0.717, 1.165) is 31.4 Å².